The normalized spacial score (nSPS) is 18.6. The molecule has 0 N–H and O–H groups in total. The first-order valence-electron chi connectivity index (χ1n) is 13.2. The summed E-state index contributed by atoms with van der Waals surface area (Å²) >= 11 is 0. The van der Waals surface area contributed by atoms with Crippen molar-refractivity contribution in [1.82, 2.24) is 19.4 Å². The number of hydrogen-bond acceptors (Lipinski definition) is 7. The van der Waals surface area contributed by atoms with Gasteiger partial charge in [0.15, 0.2) is 6.73 Å². The Morgan fingerprint density at radius 2 is 2.11 bits per heavy atom. The molecule has 0 saturated carbocycles. The van der Waals surface area contributed by atoms with Crippen LogP contribution in [0.2, 0.25) is 0 Å². The Morgan fingerprint density at radius 3 is 2.83 bits per heavy atom. The SMILES string of the molecule is CCCC[C@H](CC)CCC(=O)OCn1ccc2c(N(C)[C@H]3CN(C(=O)CC#N)CC[C@H]3C)ncnc21. The van der Waals surface area contributed by atoms with Gasteiger partial charge in [0.2, 0.25) is 5.91 Å². The highest BCUT2D eigenvalue weighted by molar-refractivity contribution is 5.88. The molecule has 1 fully saturated rings. The lowest BCUT2D eigenvalue weighted by atomic mass is 9.92. The van der Waals surface area contributed by atoms with Gasteiger partial charge in [-0.2, -0.15) is 5.26 Å². The molecule has 3 rings (SSSR count). The van der Waals surface area contributed by atoms with Gasteiger partial charge in [-0.1, -0.05) is 46.5 Å². The van der Waals surface area contributed by atoms with E-state index in [1.54, 1.807) is 4.90 Å². The first-order chi connectivity index (χ1) is 17.4. The molecule has 9 nitrogen and oxygen atoms in total. The summed E-state index contributed by atoms with van der Waals surface area (Å²) in [5.41, 5.74) is 0.704. The van der Waals surface area contributed by atoms with Crippen LogP contribution in [0.15, 0.2) is 18.6 Å². The standard InChI is InChI=1S/C27H40N6O3/c1-5-7-8-21(6-2)9-10-25(35)36-19-33-16-13-22-26(29-18-30-27(22)33)31(4)23-17-32(15-12-20(23)3)24(34)11-14-28/h13,16,18,20-21,23H,5-12,15,17,19H2,1-4H3/t20-,21+,23+/m1/s1. The average Bonchev–Trinajstić information content (AvgIpc) is 3.30. The Morgan fingerprint density at radius 1 is 1.31 bits per heavy atom. The van der Waals surface area contributed by atoms with Gasteiger partial charge in [-0.05, 0) is 30.7 Å². The molecule has 1 aliphatic heterocycles. The second-order valence-corrected chi connectivity index (χ2v) is 9.94. The molecule has 196 valence electrons. The summed E-state index contributed by atoms with van der Waals surface area (Å²) in [4.78, 5) is 37.6. The maximum Gasteiger partial charge on any atom is 0.307 e. The molecule has 0 radical (unpaired) electrons. The van der Waals surface area contributed by atoms with E-state index in [0.29, 0.717) is 37.0 Å². The molecule has 36 heavy (non-hydrogen) atoms. The van der Waals surface area contributed by atoms with E-state index in [1.807, 2.05) is 29.9 Å². The van der Waals surface area contributed by atoms with Gasteiger partial charge in [0, 0.05) is 32.8 Å². The summed E-state index contributed by atoms with van der Waals surface area (Å²) in [6.45, 7) is 7.90. The number of rotatable bonds is 12. The maximum absolute atomic E-state index is 12.4. The third-order valence-electron chi connectivity index (χ3n) is 7.53. The molecule has 9 heteroatoms. The Balaban J connectivity index is 1.66. The minimum atomic E-state index is -0.184. The molecule has 0 bridgehead atoms. The van der Waals surface area contributed by atoms with Crippen LogP contribution in [0.4, 0.5) is 5.82 Å². The van der Waals surface area contributed by atoms with Gasteiger partial charge in [0.1, 0.15) is 24.2 Å². The Kier molecular flexibility index (Phi) is 10.1. The molecule has 3 heterocycles. The monoisotopic (exact) mass is 496 g/mol. The molecule has 2 aromatic rings. The highest BCUT2D eigenvalue weighted by Crippen LogP contribution is 2.29. The summed E-state index contributed by atoms with van der Waals surface area (Å²) in [5, 5.41) is 9.78. The minimum absolute atomic E-state index is 0.0693. The predicted octanol–water partition coefficient (Wildman–Crippen LogP) is 4.52. The van der Waals surface area contributed by atoms with E-state index in [0.717, 1.165) is 30.5 Å². The fraction of sp³-hybridized carbons (Fsp3) is 0.667. The van der Waals surface area contributed by atoms with Crippen molar-refractivity contribution in [1.29, 1.82) is 5.26 Å². The van der Waals surface area contributed by atoms with Gasteiger partial charge < -0.3 is 14.5 Å². The molecular formula is C27H40N6O3. The smallest absolute Gasteiger partial charge is 0.307 e. The Labute approximate surface area is 214 Å². The van der Waals surface area contributed by atoms with Crippen molar-refractivity contribution < 1.29 is 14.3 Å². The zero-order chi connectivity index (χ0) is 26.1. The highest BCUT2D eigenvalue weighted by Gasteiger charge is 2.32. The molecular weight excluding hydrogens is 456 g/mol. The molecule has 1 aliphatic rings. The number of nitrogens with zero attached hydrogens (tertiary/aromatic N) is 6. The van der Waals surface area contributed by atoms with E-state index < -0.39 is 0 Å². The Hall–Kier alpha value is -3.15. The average molecular weight is 497 g/mol. The van der Waals surface area contributed by atoms with Crippen molar-refractivity contribution in [3.63, 3.8) is 0 Å². The third kappa shape index (κ3) is 6.74. The van der Waals surface area contributed by atoms with Gasteiger partial charge >= 0.3 is 5.97 Å². The zero-order valence-corrected chi connectivity index (χ0v) is 22.2. The van der Waals surface area contributed by atoms with Crippen molar-refractivity contribution in [3.05, 3.63) is 18.6 Å². The largest absolute Gasteiger partial charge is 0.444 e. The van der Waals surface area contributed by atoms with Crippen LogP contribution in [0.3, 0.4) is 0 Å². The lowest BCUT2D eigenvalue weighted by molar-refractivity contribution is -0.147. The number of piperidine rings is 1. The second kappa shape index (κ2) is 13.2. The number of carbonyl (C=O) groups excluding carboxylic acids is 2. The van der Waals surface area contributed by atoms with Gasteiger partial charge in [-0.15, -0.1) is 0 Å². The van der Waals surface area contributed by atoms with Crippen LogP contribution in [-0.2, 0) is 21.1 Å². The van der Waals surface area contributed by atoms with Crippen LogP contribution >= 0.6 is 0 Å². The number of hydrogen-bond donors (Lipinski definition) is 0. The number of unbranched alkanes of at least 4 members (excludes halogenated alkanes) is 1. The van der Waals surface area contributed by atoms with E-state index >= 15 is 0 Å². The zero-order valence-electron chi connectivity index (χ0n) is 22.2. The quantitative estimate of drug-likeness (QED) is 0.398. The summed E-state index contributed by atoms with van der Waals surface area (Å²) in [6, 6.07) is 3.97. The summed E-state index contributed by atoms with van der Waals surface area (Å²) < 4.78 is 7.40. The topological polar surface area (TPSA) is 104 Å². The number of nitriles is 1. The summed E-state index contributed by atoms with van der Waals surface area (Å²) in [7, 11) is 1.99. The van der Waals surface area contributed by atoms with Crippen molar-refractivity contribution in [3.8, 4) is 6.07 Å². The van der Waals surface area contributed by atoms with E-state index in [2.05, 4.69) is 35.6 Å². The van der Waals surface area contributed by atoms with E-state index in [9.17, 15) is 9.59 Å². The fourth-order valence-electron chi connectivity index (χ4n) is 5.07. The van der Waals surface area contributed by atoms with Crippen LogP contribution in [0.5, 0.6) is 0 Å². The van der Waals surface area contributed by atoms with Crippen LogP contribution in [0.25, 0.3) is 11.0 Å². The van der Waals surface area contributed by atoms with Crippen molar-refractivity contribution >= 4 is 28.7 Å². The number of anilines is 1. The first-order valence-corrected chi connectivity index (χ1v) is 13.2. The van der Waals surface area contributed by atoms with Crippen LogP contribution in [0, 0.1) is 23.2 Å². The molecule has 2 aromatic heterocycles. The van der Waals surface area contributed by atoms with E-state index in [-0.39, 0.29) is 31.1 Å². The van der Waals surface area contributed by atoms with Gasteiger partial charge in [-0.3, -0.25) is 14.2 Å². The third-order valence-corrected chi connectivity index (χ3v) is 7.53. The predicted molar refractivity (Wildman–Crippen MR) is 139 cm³/mol. The highest BCUT2D eigenvalue weighted by atomic mass is 16.5. The number of likely N-dealkylation sites (tertiary alicyclic amines) is 1. The number of fused-ring (bicyclic) bond motifs is 1. The number of ether oxygens (including phenoxy) is 1. The molecule has 0 unspecified atom stereocenters. The van der Waals surface area contributed by atoms with Crippen LogP contribution in [0.1, 0.15) is 72.1 Å². The van der Waals surface area contributed by atoms with Crippen molar-refractivity contribution in [2.45, 2.75) is 84.9 Å². The number of carbonyl (C=O) groups is 2. The number of amides is 1. The second-order valence-electron chi connectivity index (χ2n) is 9.94. The number of likely N-dealkylation sites (N-methyl/N-ethyl adjacent to an activating group) is 1. The van der Waals surface area contributed by atoms with E-state index in [1.165, 1.54) is 25.6 Å². The first kappa shape index (κ1) is 27.4. The lowest BCUT2D eigenvalue weighted by Gasteiger charge is -2.42. The summed E-state index contributed by atoms with van der Waals surface area (Å²) in [5.74, 6) is 1.40. The number of esters is 1. The molecule has 0 aliphatic carbocycles. The maximum atomic E-state index is 12.4. The molecule has 1 amide bonds. The van der Waals surface area contributed by atoms with Crippen LogP contribution in [-0.4, -0.2) is 57.5 Å². The summed E-state index contributed by atoms with van der Waals surface area (Å²) in [6.07, 6.45) is 10.1. The van der Waals surface area contributed by atoms with Crippen LogP contribution < -0.4 is 4.90 Å². The van der Waals surface area contributed by atoms with Gasteiger partial charge in [0.05, 0.1) is 17.5 Å². The van der Waals surface area contributed by atoms with Crippen molar-refractivity contribution in [2.24, 2.45) is 11.8 Å². The lowest BCUT2D eigenvalue weighted by Crippen LogP contribution is -2.52. The Bertz CT molecular complexity index is 1060. The fourth-order valence-corrected chi connectivity index (χ4v) is 5.07. The number of aromatic nitrogens is 3. The minimum Gasteiger partial charge on any atom is -0.444 e. The van der Waals surface area contributed by atoms with Crippen molar-refractivity contribution in [2.75, 3.05) is 25.0 Å². The molecule has 0 spiro atoms. The van der Waals surface area contributed by atoms with Gasteiger partial charge in [-0.25, -0.2) is 9.97 Å². The van der Waals surface area contributed by atoms with E-state index in [4.69, 9.17) is 10.00 Å². The molecule has 3 atom stereocenters. The molecule has 0 aromatic carbocycles. The van der Waals surface area contributed by atoms with Gasteiger partial charge in [0.25, 0.3) is 0 Å². The molecule has 1 saturated heterocycles.